The van der Waals surface area contributed by atoms with Crippen molar-refractivity contribution in [2.75, 3.05) is 4.90 Å². The minimum absolute atomic E-state index is 0.895. The number of para-hydroxylation sites is 2. The Kier molecular flexibility index (Phi) is 8.17. The van der Waals surface area contributed by atoms with Gasteiger partial charge in [0.05, 0.1) is 0 Å². The Balaban J connectivity index is 0.904. The minimum atomic E-state index is 0.895. The molecule has 10 aromatic carbocycles. The molecule has 0 aliphatic carbocycles. The fourth-order valence-corrected chi connectivity index (χ4v) is 9.01. The van der Waals surface area contributed by atoms with Crippen molar-refractivity contribution >= 4 is 71.7 Å². The molecule has 0 aliphatic rings. The molecule has 61 heavy (non-hydrogen) atoms. The highest BCUT2D eigenvalue weighted by Crippen LogP contribution is 2.40. The van der Waals surface area contributed by atoms with Gasteiger partial charge in [-0.3, -0.25) is 0 Å². The first-order chi connectivity index (χ1) is 30.2. The van der Waals surface area contributed by atoms with Gasteiger partial charge < -0.3 is 13.7 Å². The lowest BCUT2D eigenvalue weighted by atomic mass is 9.95. The van der Waals surface area contributed by atoms with E-state index in [-0.39, 0.29) is 0 Å². The molecule has 12 rings (SSSR count). The summed E-state index contributed by atoms with van der Waals surface area (Å²) in [6, 6.07) is 80.1. The molecular formula is C58H37NO2. The molecule has 2 heterocycles. The van der Waals surface area contributed by atoms with Gasteiger partial charge in [-0.2, -0.15) is 0 Å². The molecule has 2 aromatic heterocycles. The van der Waals surface area contributed by atoms with Gasteiger partial charge in [0.15, 0.2) is 0 Å². The third-order valence-electron chi connectivity index (χ3n) is 12.1. The quantitative estimate of drug-likeness (QED) is 0.161. The van der Waals surface area contributed by atoms with Crippen LogP contribution >= 0.6 is 0 Å². The second-order valence-corrected chi connectivity index (χ2v) is 15.7. The third kappa shape index (κ3) is 6.14. The molecule has 0 unspecified atom stereocenters. The lowest BCUT2D eigenvalue weighted by molar-refractivity contribution is 0.668. The molecule has 0 amide bonds. The van der Waals surface area contributed by atoms with Gasteiger partial charge in [-0.25, -0.2) is 0 Å². The Labute approximate surface area is 353 Å². The largest absolute Gasteiger partial charge is 0.456 e. The molecule has 0 fully saturated rings. The fraction of sp³-hybridized carbons (Fsp3) is 0. The Morgan fingerprint density at radius 3 is 1.18 bits per heavy atom. The normalized spacial score (nSPS) is 11.6. The van der Waals surface area contributed by atoms with Gasteiger partial charge in [0.25, 0.3) is 0 Å². The van der Waals surface area contributed by atoms with Crippen LogP contribution in [0.5, 0.6) is 0 Å². The van der Waals surface area contributed by atoms with Gasteiger partial charge in [0.2, 0.25) is 0 Å². The molecule has 12 aromatic rings. The number of furan rings is 2. The van der Waals surface area contributed by atoms with E-state index in [1.807, 2.05) is 24.3 Å². The van der Waals surface area contributed by atoms with Crippen LogP contribution in [0.3, 0.4) is 0 Å². The molecule has 0 atom stereocenters. The average Bonchev–Trinajstić information content (AvgIpc) is 3.90. The Morgan fingerprint density at radius 2 is 0.639 bits per heavy atom. The first-order valence-electron chi connectivity index (χ1n) is 20.7. The molecule has 0 spiro atoms. The van der Waals surface area contributed by atoms with Crippen LogP contribution in [0, 0.1) is 0 Å². The van der Waals surface area contributed by atoms with E-state index in [1.165, 1.54) is 33.0 Å². The van der Waals surface area contributed by atoms with E-state index in [9.17, 15) is 0 Å². The van der Waals surface area contributed by atoms with E-state index < -0.39 is 0 Å². The molecule has 3 heteroatoms. The molecule has 0 bridgehead atoms. The summed E-state index contributed by atoms with van der Waals surface area (Å²) in [5, 5.41) is 7.05. The third-order valence-corrected chi connectivity index (χ3v) is 12.1. The lowest BCUT2D eigenvalue weighted by Gasteiger charge is -2.26. The molecule has 286 valence electrons. The van der Waals surface area contributed by atoms with Crippen molar-refractivity contribution in [1.82, 2.24) is 0 Å². The number of benzene rings is 10. The zero-order chi connectivity index (χ0) is 40.3. The van der Waals surface area contributed by atoms with Crippen LogP contribution in [-0.4, -0.2) is 0 Å². The summed E-state index contributed by atoms with van der Waals surface area (Å²) in [5.41, 5.74) is 16.1. The van der Waals surface area contributed by atoms with Crippen molar-refractivity contribution < 1.29 is 8.83 Å². The van der Waals surface area contributed by atoms with E-state index >= 15 is 0 Å². The van der Waals surface area contributed by atoms with E-state index in [2.05, 4.69) is 205 Å². The van der Waals surface area contributed by atoms with Crippen LogP contribution in [-0.2, 0) is 0 Å². The number of fused-ring (bicyclic) bond motifs is 7. The Bertz CT molecular complexity index is 3410. The monoisotopic (exact) mass is 779 g/mol. The van der Waals surface area contributed by atoms with E-state index in [0.717, 1.165) is 83.2 Å². The number of hydrogen-bond donors (Lipinski definition) is 0. The second-order valence-electron chi connectivity index (χ2n) is 15.7. The maximum atomic E-state index is 6.24. The summed E-state index contributed by atoms with van der Waals surface area (Å²) < 4.78 is 12.5. The zero-order valence-corrected chi connectivity index (χ0v) is 33.1. The smallest absolute Gasteiger partial charge is 0.136 e. The van der Waals surface area contributed by atoms with E-state index in [4.69, 9.17) is 8.83 Å². The van der Waals surface area contributed by atoms with E-state index in [1.54, 1.807) is 0 Å². The number of anilines is 3. The summed E-state index contributed by atoms with van der Waals surface area (Å²) in [6.45, 7) is 0. The maximum absolute atomic E-state index is 6.24. The summed E-state index contributed by atoms with van der Waals surface area (Å²) in [6.07, 6.45) is 0. The molecule has 0 saturated carbocycles. The van der Waals surface area contributed by atoms with Gasteiger partial charge >= 0.3 is 0 Å². The standard InChI is InChI=1S/C58H37NO2/c1-2-13-49-41(9-1)10-8-16-50(49)45-12-7-11-42(35-45)38-19-27-46(28-20-38)59(47-29-21-39(22-30-47)43-25-33-53-51-14-3-5-17-55(51)60-57(53)36-43)48-31-23-40(24-32-48)44-26-34-54-52-15-4-6-18-56(52)61-58(54)37-44/h1-37H. The first kappa shape index (κ1) is 34.9. The van der Waals surface area contributed by atoms with Crippen LogP contribution in [0.25, 0.3) is 99.2 Å². The molecule has 0 saturated heterocycles. The van der Waals surface area contributed by atoms with Crippen molar-refractivity contribution in [2.24, 2.45) is 0 Å². The SMILES string of the molecule is c1cc(-c2ccc(N(c3ccc(-c4ccc5c(c4)oc4ccccc45)cc3)c3ccc(-c4ccc5c(c4)oc4ccccc45)cc3)cc2)cc(-c2cccc3ccccc23)c1. The van der Waals surface area contributed by atoms with E-state index in [0.29, 0.717) is 0 Å². The lowest BCUT2D eigenvalue weighted by Crippen LogP contribution is -2.09. The molecule has 0 N–H and O–H groups in total. The Morgan fingerprint density at radius 1 is 0.246 bits per heavy atom. The van der Waals surface area contributed by atoms with Crippen molar-refractivity contribution in [3.63, 3.8) is 0 Å². The van der Waals surface area contributed by atoms with Crippen LogP contribution in [0.2, 0.25) is 0 Å². The van der Waals surface area contributed by atoms with Gasteiger partial charge in [-0.1, -0.05) is 146 Å². The van der Waals surface area contributed by atoms with Gasteiger partial charge in [0, 0.05) is 38.6 Å². The van der Waals surface area contributed by atoms with Crippen LogP contribution in [0.4, 0.5) is 17.1 Å². The second kappa shape index (κ2) is 14.3. The van der Waals surface area contributed by atoms with Crippen molar-refractivity contribution in [3.05, 3.63) is 224 Å². The van der Waals surface area contributed by atoms with Crippen LogP contribution in [0.1, 0.15) is 0 Å². The highest BCUT2D eigenvalue weighted by Gasteiger charge is 2.16. The number of nitrogens with zero attached hydrogens (tertiary/aromatic N) is 1. The van der Waals surface area contributed by atoms with Crippen LogP contribution < -0.4 is 4.90 Å². The summed E-state index contributed by atoms with van der Waals surface area (Å²) in [7, 11) is 0. The average molecular weight is 780 g/mol. The fourth-order valence-electron chi connectivity index (χ4n) is 9.01. The van der Waals surface area contributed by atoms with Gasteiger partial charge in [-0.15, -0.1) is 0 Å². The topological polar surface area (TPSA) is 29.5 Å². The van der Waals surface area contributed by atoms with Crippen LogP contribution in [0.15, 0.2) is 233 Å². The Hall–Kier alpha value is -8.14. The highest BCUT2D eigenvalue weighted by atomic mass is 16.3. The molecule has 0 radical (unpaired) electrons. The minimum Gasteiger partial charge on any atom is -0.456 e. The molecular weight excluding hydrogens is 743 g/mol. The summed E-state index contributed by atoms with van der Waals surface area (Å²) in [4.78, 5) is 2.33. The highest BCUT2D eigenvalue weighted by molar-refractivity contribution is 6.07. The summed E-state index contributed by atoms with van der Waals surface area (Å²) in [5.74, 6) is 0. The van der Waals surface area contributed by atoms with Gasteiger partial charge in [0.1, 0.15) is 22.3 Å². The maximum Gasteiger partial charge on any atom is 0.136 e. The number of rotatable bonds is 7. The first-order valence-corrected chi connectivity index (χ1v) is 20.7. The van der Waals surface area contributed by atoms with Crippen molar-refractivity contribution in [2.45, 2.75) is 0 Å². The molecule has 0 aliphatic heterocycles. The van der Waals surface area contributed by atoms with Crippen molar-refractivity contribution in [3.8, 4) is 44.5 Å². The van der Waals surface area contributed by atoms with Crippen molar-refractivity contribution in [1.29, 1.82) is 0 Å². The predicted molar refractivity (Wildman–Crippen MR) is 255 cm³/mol. The summed E-state index contributed by atoms with van der Waals surface area (Å²) >= 11 is 0. The zero-order valence-electron chi connectivity index (χ0n) is 33.1. The van der Waals surface area contributed by atoms with Gasteiger partial charge in [-0.05, 0) is 134 Å². The molecule has 3 nitrogen and oxygen atoms in total. The number of hydrogen-bond acceptors (Lipinski definition) is 3. The predicted octanol–water partition coefficient (Wildman–Crippen LogP) is 16.8.